The molecule has 1 atom stereocenters. The van der Waals surface area contributed by atoms with Crippen molar-refractivity contribution < 1.29 is 4.79 Å². The number of amides is 1. The molecule has 3 nitrogen and oxygen atoms in total. The fourth-order valence-corrected chi connectivity index (χ4v) is 4.98. The number of thiazole rings is 1. The first-order valence-electron chi connectivity index (χ1n) is 7.14. The molecule has 0 unspecified atom stereocenters. The number of carbonyl (C=O) groups is 1. The van der Waals surface area contributed by atoms with E-state index in [0.29, 0.717) is 9.21 Å². The highest BCUT2D eigenvalue weighted by Crippen LogP contribution is 2.38. The molecule has 6 heteroatoms. The summed E-state index contributed by atoms with van der Waals surface area (Å²) in [6.07, 6.45) is 2.00. The molecular formula is C16H13ClN2OS2. The van der Waals surface area contributed by atoms with Crippen molar-refractivity contribution in [3.8, 4) is 0 Å². The van der Waals surface area contributed by atoms with Crippen molar-refractivity contribution in [2.45, 2.75) is 18.9 Å². The molecule has 1 amide bonds. The number of aromatic nitrogens is 1. The minimum absolute atomic E-state index is 0.0682. The lowest BCUT2D eigenvalue weighted by Crippen LogP contribution is -2.29. The number of nitrogens with zero attached hydrogens (tertiary/aromatic N) is 2. The Hall–Kier alpha value is -1.43. The van der Waals surface area contributed by atoms with Crippen molar-refractivity contribution in [2.75, 3.05) is 6.54 Å². The highest BCUT2D eigenvalue weighted by atomic mass is 35.5. The highest BCUT2D eigenvalue weighted by molar-refractivity contribution is 7.18. The van der Waals surface area contributed by atoms with Crippen LogP contribution in [0.1, 0.15) is 33.6 Å². The van der Waals surface area contributed by atoms with Gasteiger partial charge >= 0.3 is 0 Å². The monoisotopic (exact) mass is 348 g/mol. The van der Waals surface area contributed by atoms with Gasteiger partial charge in [0.2, 0.25) is 0 Å². The number of thiophene rings is 1. The fourth-order valence-electron chi connectivity index (χ4n) is 2.87. The molecule has 0 bridgehead atoms. The zero-order chi connectivity index (χ0) is 15.1. The summed E-state index contributed by atoms with van der Waals surface area (Å²) in [6.45, 7) is 0.787. The highest BCUT2D eigenvalue weighted by Gasteiger charge is 2.33. The van der Waals surface area contributed by atoms with Crippen LogP contribution < -0.4 is 0 Å². The molecule has 0 saturated carbocycles. The maximum atomic E-state index is 12.7. The minimum Gasteiger partial charge on any atom is -0.328 e. The van der Waals surface area contributed by atoms with Crippen LogP contribution in [-0.2, 0) is 0 Å². The number of benzene rings is 1. The van der Waals surface area contributed by atoms with Crippen LogP contribution in [-0.4, -0.2) is 22.3 Å². The topological polar surface area (TPSA) is 33.2 Å². The molecule has 22 heavy (non-hydrogen) atoms. The molecule has 4 rings (SSSR count). The Morgan fingerprint density at radius 2 is 2.09 bits per heavy atom. The third kappa shape index (κ3) is 2.43. The Labute approximate surface area is 141 Å². The molecule has 1 fully saturated rings. The number of hydrogen-bond acceptors (Lipinski definition) is 4. The number of para-hydroxylation sites is 1. The molecule has 1 aromatic carbocycles. The van der Waals surface area contributed by atoms with Crippen LogP contribution in [0.3, 0.4) is 0 Å². The van der Waals surface area contributed by atoms with Gasteiger partial charge in [-0.2, -0.15) is 0 Å². The molecule has 112 valence electrons. The summed E-state index contributed by atoms with van der Waals surface area (Å²) in [5.41, 5.74) is 1.01. The van der Waals surface area contributed by atoms with E-state index in [2.05, 4.69) is 6.07 Å². The Morgan fingerprint density at radius 3 is 2.86 bits per heavy atom. The second-order valence-electron chi connectivity index (χ2n) is 5.28. The average Bonchev–Trinajstić information content (AvgIpc) is 3.24. The first-order valence-corrected chi connectivity index (χ1v) is 9.15. The van der Waals surface area contributed by atoms with Crippen molar-refractivity contribution >= 4 is 50.4 Å². The number of carbonyl (C=O) groups excluding carboxylic acids is 1. The number of rotatable bonds is 2. The van der Waals surface area contributed by atoms with E-state index in [1.165, 1.54) is 16.0 Å². The van der Waals surface area contributed by atoms with Gasteiger partial charge in [-0.3, -0.25) is 4.79 Å². The van der Waals surface area contributed by atoms with Gasteiger partial charge in [0.05, 0.1) is 25.5 Å². The Morgan fingerprint density at radius 1 is 1.23 bits per heavy atom. The fraction of sp³-hybridized carbons (Fsp3) is 0.250. The van der Waals surface area contributed by atoms with Gasteiger partial charge in [-0.1, -0.05) is 23.7 Å². The van der Waals surface area contributed by atoms with Crippen LogP contribution in [0.25, 0.3) is 10.2 Å². The number of hydrogen-bond donors (Lipinski definition) is 0. The Kier molecular flexibility index (Phi) is 3.64. The third-order valence-electron chi connectivity index (χ3n) is 3.89. The van der Waals surface area contributed by atoms with Gasteiger partial charge in [0.15, 0.2) is 0 Å². The van der Waals surface area contributed by atoms with Crippen molar-refractivity contribution in [3.05, 3.63) is 50.6 Å². The molecule has 0 spiro atoms. The zero-order valence-electron chi connectivity index (χ0n) is 11.7. The lowest BCUT2D eigenvalue weighted by molar-refractivity contribution is 0.0740. The number of fused-ring (bicyclic) bond motifs is 1. The summed E-state index contributed by atoms with van der Waals surface area (Å²) < 4.78 is 1.83. The molecule has 0 aliphatic carbocycles. The summed E-state index contributed by atoms with van der Waals surface area (Å²) in [4.78, 5) is 20.1. The maximum Gasteiger partial charge on any atom is 0.264 e. The van der Waals surface area contributed by atoms with Gasteiger partial charge in [0.1, 0.15) is 5.01 Å². The van der Waals surface area contributed by atoms with Crippen molar-refractivity contribution in [2.24, 2.45) is 0 Å². The summed E-state index contributed by atoms with van der Waals surface area (Å²) in [5, 5.41) is 1.04. The van der Waals surface area contributed by atoms with E-state index in [1.54, 1.807) is 17.4 Å². The lowest BCUT2D eigenvalue weighted by atomic mass is 10.2. The minimum atomic E-state index is 0.0682. The normalized spacial score (nSPS) is 18.2. The SMILES string of the molecule is O=C(c1ccc(Cl)s1)N1CCC[C@H]1c1nc2ccccc2s1. The van der Waals surface area contributed by atoms with E-state index in [4.69, 9.17) is 16.6 Å². The summed E-state index contributed by atoms with van der Waals surface area (Å²) in [7, 11) is 0. The zero-order valence-corrected chi connectivity index (χ0v) is 14.0. The molecule has 0 radical (unpaired) electrons. The second-order valence-corrected chi connectivity index (χ2v) is 8.06. The second kappa shape index (κ2) is 5.65. The first kappa shape index (κ1) is 14.2. The summed E-state index contributed by atoms with van der Waals surface area (Å²) in [6, 6.07) is 11.8. The molecule has 1 aliphatic heterocycles. The van der Waals surface area contributed by atoms with Crippen LogP contribution in [0.2, 0.25) is 4.34 Å². The van der Waals surface area contributed by atoms with Gasteiger partial charge in [-0.05, 0) is 37.1 Å². The van der Waals surface area contributed by atoms with Gasteiger partial charge in [-0.25, -0.2) is 4.98 Å². The smallest absolute Gasteiger partial charge is 0.264 e. The third-order valence-corrected chi connectivity index (χ3v) is 6.25. The number of likely N-dealkylation sites (tertiary alicyclic amines) is 1. The van der Waals surface area contributed by atoms with Crippen molar-refractivity contribution in [1.29, 1.82) is 0 Å². The largest absolute Gasteiger partial charge is 0.328 e. The average molecular weight is 349 g/mol. The van der Waals surface area contributed by atoms with Crippen molar-refractivity contribution in [1.82, 2.24) is 9.88 Å². The first-order chi connectivity index (χ1) is 10.7. The van der Waals surface area contributed by atoms with Gasteiger partial charge in [-0.15, -0.1) is 22.7 Å². The molecular weight excluding hydrogens is 336 g/mol. The van der Waals surface area contributed by atoms with E-state index in [0.717, 1.165) is 29.9 Å². The molecule has 1 saturated heterocycles. The van der Waals surface area contributed by atoms with E-state index in [9.17, 15) is 4.79 Å². The lowest BCUT2D eigenvalue weighted by Gasteiger charge is -2.22. The summed E-state index contributed by atoms with van der Waals surface area (Å²) >= 11 is 8.99. The van der Waals surface area contributed by atoms with E-state index in [-0.39, 0.29) is 11.9 Å². The van der Waals surface area contributed by atoms with Crippen LogP contribution in [0.5, 0.6) is 0 Å². The maximum absolute atomic E-state index is 12.7. The van der Waals surface area contributed by atoms with Crippen LogP contribution in [0, 0.1) is 0 Å². The predicted octanol–water partition coefficient (Wildman–Crippen LogP) is 4.99. The van der Waals surface area contributed by atoms with Gasteiger partial charge < -0.3 is 4.90 Å². The molecule has 2 aromatic heterocycles. The summed E-state index contributed by atoms with van der Waals surface area (Å²) in [5.74, 6) is 0.0682. The predicted molar refractivity (Wildman–Crippen MR) is 92.0 cm³/mol. The van der Waals surface area contributed by atoms with Crippen LogP contribution >= 0.6 is 34.3 Å². The van der Waals surface area contributed by atoms with Crippen LogP contribution in [0.15, 0.2) is 36.4 Å². The molecule has 0 N–H and O–H groups in total. The van der Waals surface area contributed by atoms with E-state index >= 15 is 0 Å². The molecule has 3 aromatic rings. The van der Waals surface area contributed by atoms with E-state index < -0.39 is 0 Å². The van der Waals surface area contributed by atoms with E-state index in [1.807, 2.05) is 29.2 Å². The Balaban J connectivity index is 1.67. The quantitative estimate of drug-likeness (QED) is 0.653. The van der Waals surface area contributed by atoms with Gasteiger partial charge in [0.25, 0.3) is 5.91 Å². The molecule has 3 heterocycles. The van der Waals surface area contributed by atoms with Crippen LogP contribution in [0.4, 0.5) is 0 Å². The standard InChI is InChI=1S/C16H13ClN2OS2/c17-14-8-7-13(21-14)16(20)19-9-3-5-11(19)15-18-10-4-1-2-6-12(10)22-15/h1-2,4,6-8,11H,3,5,9H2/t11-/m0/s1. The Bertz CT molecular complexity index is 808. The molecule has 1 aliphatic rings. The number of halogens is 1. The van der Waals surface area contributed by atoms with Gasteiger partial charge in [0, 0.05) is 6.54 Å². The van der Waals surface area contributed by atoms with Crippen molar-refractivity contribution in [3.63, 3.8) is 0 Å².